The zero-order valence-electron chi connectivity index (χ0n) is 11.6. The number of benzene rings is 1. The van der Waals surface area contributed by atoms with Crippen molar-refractivity contribution in [2.24, 2.45) is 0 Å². The minimum atomic E-state index is 0.182. The third-order valence-electron chi connectivity index (χ3n) is 3.62. The Hall–Kier alpha value is -1.22. The van der Waals surface area contributed by atoms with Gasteiger partial charge < -0.3 is 0 Å². The van der Waals surface area contributed by atoms with Gasteiger partial charge in [-0.15, -0.1) is 0 Å². The smallest absolute Gasteiger partial charge is 0.0467 e. The summed E-state index contributed by atoms with van der Waals surface area (Å²) in [5.41, 5.74) is 5.29. The molecule has 17 heavy (non-hydrogen) atoms. The van der Waals surface area contributed by atoms with Gasteiger partial charge >= 0.3 is 0 Å². The van der Waals surface area contributed by atoms with Crippen LogP contribution in [0, 0.1) is 33.1 Å². The van der Waals surface area contributed by atoms with Crippen LogP contribution in [0.25, 0.3) is 0 Å². The minimum absolute atomic E-state index is 0.182. The Labute approximate surface area is 106 Å². The lowest BCUT2D eigenvalue weighted by molar-refractivity contribution is 0.633. The van der Waals surface area contributed by atoms with Crippen molar-refractivity contribution in [2.75, 3.05) is 0 Å². The van der Waals surface area contributed by atoms with Gasteiger partial charge in [0.15, 0.2) is 0 Å². The molecule has 1 radical (unpaired) electrons. The molecule has 0 aliphatic heterocycles. The molecule has 0 fully saturated rings. The number of hydrogen-bond donors (Lipinski definition) is 0. The summed E-state index contributed by atoms with van der Waals surface area (Å²) >= 11 is 0. The van der Waals surface area contributed by atoms with E-state index in [0.717, 1.165) is 6.42 Å². The maximum absolute atomic E-state index is 7.55. The quantitative estimate of drug-likeness (QED) is 0.497. The summed E-state index contributed by atoms with van der Waals surface area (Å²) < 4.78 is 0. The molecule has 1 rings (SSSR count). The molecule has 0 saturated carbocycles. The maximum atomic E-state index is 7.55. The monoisotopic (exact) mass is 227 g/mol. The molecule has 1 atom stereocenters. The van der Waals surface area contributed by atoms with E-state index < -0.39 is 0 Å². The summed E-state index contributed by atoms with van der Waals surface area (Å²) in [6.07, 6.45) is 12.3. The molecular weight excluding hydrogens is 204 g/mol. The van der Waals surface area contributed by atoms with Gasteiger partial charge in [-0.05, 0) is 55.9 Å². The second-order valence-electron chi connectivity index (χ2n) is 4.93. The molecule has 0 aromatic heterocycles. The van der Waals surface area contributed by atoms with E-state index >= 15 is 0 Å². The molecule has 0 bridgehead atoms. The minimum Gasteiger partial charge on any atom is -0.0809 e. The largest absolute Gasteiger partial charge is 0.0809 e. The molecule has 1 unspecified atom stereocenters. The predicted octanol–water partition coefficient (Wildman–Crippen LogP) is 4.87. The van der Waals surface area contributed by atoms with E-state index in [1.54, 1.807) is 0 Å². The van der Waals surface area contributed by atoms with Crippen LogP contribution in [0.15, 0.2) is 12.1 Å². The van der Waals surface area contributed by atoms with E-state index in [0.29, 0.717) is 0 Å². The fourth-order valence-electron chi connectivity index (χ4n) is 2.40. The average molecular weight is 227 g/mol. The lowest BCUT2D eigenvalue weighted by Gasteiger charge is -2.18. The zero-order chi connectivity index (χ0) is 12.8. The van der Waals surface area contributed by atoms with E-state index in [1.807, 2.05) is 0 Å². The van der Waals surface area contributed by atoms with Crippen LogP contribution in [0.5, 0.6) is 0 Å². The van der Waals surface area contributed by atoms with Crippen molar-refractivity contribution in [1.29, 1.82) is 0 Å². The van der Waals surface area contributed by atoms with Crippen molar-refractivity contribution >= 4 is 0 Å². The van der Waals surface area contributed by atoms with Gasteiger partial charge in [-0.1, -0.05) is 44.2 Å². The van der Waals surface area contributed by atoms with Crippen LogP contribution in [-0.2, 0) is 0 Å². The van der Waals surface area contributed by atoms with Gasteiger partial charge in [0.1, 0.15) is 0 Å². The van der Waals surface area contributed by atoms with Gasteiger partial charge in [-0.2, -0.15) is 0 Å². The molecule has 1 aromatic carbocycles. The predicted molar refractivity (Wildman–Crippen MR) is 74.7 cm³/mol. The van der Waals surface area contributed by atoms with Crippen molar-refractivity contribution in [3.63, 3.8) is 0 Å². The molecule has 0 aliphatic carbocycles. The second kappa shape index (κ2) is 6.50. The van der Waals surface area contributed by atoms with Gasteiger partial charge in [0.05, 0.1) is 0 Å². The molecule has 0 spiro atoms. The normalized spacial score (nSPS) is 12.2. The van der Waals surface area contributed by atoms with Crippen molar-refractivity contribution in [3.8, 4) is 5.92 Å². The van der Waals surface area contributed by atoms with Gasteiger partial charge in [0.25, 0.3) is 0 Å². The third-order valence-corrected chi connectivity index (χ3v) is 3.62. The fraction of sp³-hybridized carbons (Fsp3) is 0.529. The molecule has 0 heteroatoms. The lowest BCUT2D eigenvalue weighted by Crippen LogP contribution is -2.03. The first-order valence-electron chi connectivity index (χ1n) is 6.60. The number of unbranched alkanes of at least 4 members (excludes halogenated alkanes) is 2. The standard InChI is InChI=1S/C17H23/c1-6-8-9-10-16(7-2)17-14(4)12-11-13(3)15(17)5/h11-12,16H,6,8-10H2,1,3-5H3. The summed E-state index contributed by atoms with van der Waals surface area (Å²) in [4.78, 5) is 0. The van der Waals surface area contributed by atoms with Crippen molar-refractivity contribution < 1.29 is 0 Å². The molecule has 0 aliphatic rings. The molecule has 0 amide bonds. The molecular formula is C17H23. The van der Waals surface area contributed by atoms with E-state index in [2.05, 4.69) is 45.7 Å². The van der Waals surface area contributed by atoms with Gasteiger partial charge in [-0.3, -0.25) is 0 Å². The first kappa shape index (κ1) is 13.8. The van der Waals surface area contributed by atoms with Crippen LogP contribution in [-0.4, -0.2) is 0 Å². The fourth-order valence-corrected chi connectivity index (χ4v) is 2.40. The van der Waals surface area contributed by atoms with Crippen molar-refractivity contribution in [2.45, 2.75) is 59.3 Å². The first-order valence-corrected chi connectivity index (χ1v) is 6.60. The summed E-state index contributed by atoms with van der Waals surface area (Å²) in [6.45, 7) is 8.67. The maximum Gasteiger partial charge on any atom is 0.0467 e. The van der Waals surface area contributed by atoms with Crippen LogP contribution < -0.4 is 0 Å². The topological polar surface area (TPSA) is 0 Å². The first-order chi connectivity index (χ1) is 8.11. The summed E-state index contributed by atoms with van der Waals surface area (Å²) in [5.74, 6) is 2.92. The molecule has 1 aromatic rings. The highest BCUT2D eigenvalue weighted by Crippen LogP contribution is 2.29. The number of hydrogen-bond acceptors (Lipinski definition) is 0. The van der Waals surface area contributed by atoms with Crippen LogP contribution in [0.3, 0.4) is 0 Å². The Balaban J connectivity index is 2.96. The SMILES string of the molecule is [C]#CC(CCCCC)c1c(C)ccc(C)c1C. The Morgan fingerprint density at radius 2 is 1.76 bits per heavy atom. The van der Waals surface area contributed by atoms with E-state index in [4.69, 9.17) is 6.42 Å². The van der Waals surface area contributed by atoms with Gasteiger partial charge in [-0.25, -0.2) is 0 Å². The second-order valence-corrected chi connectivity index (χ2v) is 4.93. The summed E-state index contributed by atoms with van der Waals surface area (Å²) in [7, 11) is 0. The molecule has 0 N–H and O–H groups in total. The Morgan fingerprint density at radius 1 is 1.12 bits per heavy atom. The summed E-state index contributed by atoms with van der Waals surface area (Å²) in [5, 5.41) is 0. The number of aryl methyl sites for hydroxylation is 2. The van der Waals surface area contributed by atoms with Gasteiger partial charge in [0, 0.05) is 5.92 Å². The van der Waals surface area contributed by atoms with E-state index in [1.165, 1.54) is 41.5 Å². The Bertz CT molecular complexity index is 407. The van der Waals surface area contributed by atoms with Crippen molar-refractivity contribution in [3.05, 3.63) is 40.8 Å². The summed E-state index contributed by atoms with van der Waals surface area (Å²) in [6, 6.07) is 4.34. The highest BCUT2D eigenvalue weighted by molar-refractivity contribution is 5.43. The van der Waals surface area contributed by atoms with E-state index in [9.17, 15) is 0 Å². The average Bonchev–Trinajstić information content (AvgIpc) is 2.32. The van der Waals surface area contributed by atoms with Crippen LogP contribution in [0.4, 0.5) is 0 Å². The molecule has 91 valence electrons. The van der Waals surface area contributed by atoms with Crippen LogP contribution in [0.1, 0.15) is 60.8 Å². The molecule has 0 nitrogen and oxygen atoms in total. The number of rotatable bonds is 5. The molecule has 0 heterocycles. The highest BCUT2D eigenvalue weighted by atomic mass is 14.2. The van der Waals surface area contributed by atoms with Crippen LogP contribution >= 0.6 is 0 Å². The third kappa shape index (κ3) is 3.37. The van der Waals surface area contributed by atoms with Crippen molar-refractivity contribution in [1.82, 2.24) is 0 Å². The zero-order valence-corrected chi connectivity index (χ0v) is 11.6. The highest BCUT2D eigenvalue weighted by Gasteiger charge is 2.14. The van der Waals surface area contributed by atoms with Crippen LogP contribution in [0.2, 0.25) is 0 Å². The Morgan fingerprint density at radius 3 is 2.35 bits per heavy atom. The van der Waals surface area contributed by atoms with E-state index in [-0.39, 0.29) is 5.92 Å². The Kier molecular flexibility index (Phi) is 5.29. The lowest BCUT2D eigenvalue weighted by atomic mass is 9.86. The molecule has 0 saturated heterocycles. The van der Waals surface area contributed by atoms with Gasteiger partial charge in [0.2, 0.25) is 0 Å².